The van der Waals surface area contributed by atoms with E-state index in [0.29, 0.717) is 13.1 Å². The van der Waals surface area contributed by atoms with Crippen molar-refractivity contribution in [2.24, 2.45) is 13.0 Å². The summed E-state index contributed by atoms with van der Waals surface area (Å²) in [6.45, 7) is 1.28. The van der Waals surface area contributed by atoms with Crippen molar-refractivity contribution < 1.29 is 14.7 Å². The molecule has 0 atom stereocenters. The Hall–Kier alpha value is -2.30. The third-order valence-electron chi connectivity index (χ3n) is 4.52. The number of carboxylic acids is 1. The number of carbonyl (C=O) groups excluding carboxylic acids is 1. The summed E-state index contributed by atoms with van der Waals surface area (Å²) in [5, 5.41) is 9.83. The molecule has 3 rings (SSSR count). The smallest absolute Gasteiger partial charge is 0.303 e. The Morgan fingerprint density at radius 1 is 1.23 bits per heavy atom. The monoisotopic (exact) mass is 300 g/mol. The van der Waals surface area contributed by atoms with Crippen LogP contribution in [0.5, 0.6) is 0 Å². The molecule has 0 spiro atoms. The Morgan fingerprint density at radius 3 is 2.64 bits per heavy atom. The van der Waals surface area contributed by atoms with E-state index >= 15 is 0 Å². The summed E-state index contributed by atoms with van der Waals surface area (Å²) >= 11 is 0. The minimum Gasteiger partial charge on any atom is -0.481 e. The van der Waals surface area contributed by atoms with Gasteiger partial charge in [0.1, 0.15) is 0 Å². The molecule has 1 aromatic heterocycles. The van der Waals surface area contributed by atoms with Crippen molar-refractivity contribution in [2.75, 3.05) is 13.1 Å². The highest BCUT2D eigenvalue weighted by Crippen LogP contribution is 2.25. The second-order valence-corrected chi connectivity index (χ2v) is 6.00. The van der Waals surface area contributed by atoms with Gasteiger partial charge < -0.3 is 14.6 Å². The fourth-order valence-electron chi connectivity index (χ4n) is 3.25. The number of piperidine rings is 1. The van der Waals surface area contributed by atoms with E-state index in [1.165, 1.54) is 0 Å². The van der Waals surface area contributed by atoms with Crippen LogP contribution in [0.4, 0.5) is 0 Å². The molecule has 2 aromatic rings. The normalized spacial score (nSPS) is 16.1. The van der Waals surface area contributed by atoms with Crippen LogP contribution >= 0.6 is 0 Å². The highest BCUT2D eigenvalue weighted by atomic mass is 16.4. The lowest BCUT2D eigenvalue weighted by Gasteiger charge is -2.31. The maximum absolute atomic E-state index is 12.8. The topological polar surface area (TPSA) is 62.5 Å². The molecular weight excluding hydrogens is 280 g/mol. The molecule has 22 heavy (non-hydrogen) atoms. The molecule has 5 heteroatoms. The summed E-state index contributed by atoms with van der Waals surface area (Å²) in [7, 11) is 1.97. The standard InChI is InChI=1S/C17H20N2O3/c1-18-8-7-13-14(3-2-4-15(13)18)17(22)19-9-5-12(6-10-19)11-16(20)21/h2-4,7-8,12H,5-6,9-11H2,1H3,(H,20,21). The van der Waals surface area contributed by atoms with Crippen molar-refractivity contribution in [1.82, 2.24) is 9.47 Å². The minimum atomic E-state index is -0.751. The predicted octanol–water partition coefficient (Wildman–Crippen LogP) is 2.51. The molecule has 1 amide bonds. The maximum atomic E-state index is 12.8. The highest BCUT2D eigenvalue weighted by Gasteiger charge is 2.25. The van der Waals surface area contributed by atoms with E-state index < -0.39 is 5.97 Å². The number of hydrogen-bond acceptors (Lipinski definition) is 2. The Balaban J connectivity index is 1.76. The van der Waals surface area contributed by atoms with Gasteiger partial charge in [0.2, 0.25) is 0 Å². The molecule has 116 valence electrons. The Morgan fingerprint density at radius 2 is 1.95 bits per heavy atom. The first-order valence-corrected chi connectivity index (χ1v) is 7.61. The first kappa shape index (κ1) is 14.6. The number of fused-ring (bicyclic) bond motifs is 1. The van der Waals surface area contributed by atoms with Crippen LogP contribution in [-0.2, 0) is 11.8 Å². The minimum absolute atomic E-state index is 0.0468. The number of aromatic nitrogens is 1. The van der Waals surface area contributed by atoms with Gasteiger partial charge in [0.05, 0.1) is 0 Å². The fraction of sp³-hybridized carbons (Fsp3) is 0.412. The summed E-state index contributed by atoms with van der Waals surface area (Å²) < 4.78 is 2.01. The van der Waals surface area contributed by atoms with E-state index in [0.717, 1.165) is 29.3 Å². The van der Waals surface area contributed by atoms with Crippen molar-refractivity contribution >= 4 is 22.8 Å². The van der Waals surface area contributed by atoms with Crippen molar-refractivity contribution in [2.45, 2.75) is 19.3 Å². The van der Waals surface area contributed by atoms with Crippen molar-refractivity contribution in [3.63, 3.8) is 0 Å². The molecule has 0 saturated carbocycles. The SMILES string of the molecule is Cn1ccc2c(C(=O)N3CCC(CC(=O)O)CC3)cccc21. The Labute approximate surface area is 129 Å². The van der Waals surface area contributed by atoms with Crippen LogP contribution < -0.4 is 0 Å². The number of carboxylic acid groups (broad SMARTS) is 1. The summed E-state index contributed by atoms with van der Waals surface area (Å²) in [6.07, 6.45) is 3.70. The number of carbonyl (C=O) groups is 2. The van der Waals surface area contributed by atoms with Crippen molar-refractivity contribution in [1.29, 1.82) is 0 Å². The van der Waals surface area contributed by atoms with Gasteiger partial charge in [0.15, 0.2) is 0 Å². The zero-order chi connectivity index (χ0) is 15.7. The molecule has 0 unspecified atom stereocenters. The quantitative estimate of drug-likeness (QED) is 0.947. The molecule has 5 nitrogen and oxygen atoms in total. The zero-order valence-corrected chi connectivity index (χ0v) is 12.7. The first-order valence-electron chi connectivity index (χ1n) is 7.61. The molecular formula is C17H20N2O3. The average molecular weight is 300 g/mol. The van der Waals surface area contributed by atoms with E-state index in [2.05, 4.69) is 0 Å². The third kappa shape index (κ3) is 2.71. The number of rotatable bonds is 3. The second kappa shape index (κ2) is 5.83. The largest absolute Gasteiger partial charge is 0.481 e. The van der Waals surface area contributed by atoms with Crippen LogP contribution in [0.2, 0.25) is 0 Å². The van der Waals surface area contributed by atoms with E-state index in [4.69, 9.17) is 5.11 Å². The number of amides is 1. The molecule has 1 aromatic carbocycles. The van der Waals surface area contributed by atoms with Crippen molar-refractivity contribution in [3.05, 3.63) is 36.0 Å². The third-order valence-corrected chi connectivity index (χ3v) is 4.52. The van der Waals surface area contributed by atoms with Crippen LogP contribution in [0, 0.1) is 5.92 Å². The van der Waals surface area contributed by atoms with E-state index in [-0.39, 0.29) is 18.2 Å². The van der Waals surface area contributed by atoms with E-state index in [1.807, 2.05) is 47.0 Å². The molecule has 1 aliphatic rings. The van der Waals surface area contributed by atoms with E-state index in [1.54, 1.807) is 0 Å². The van der Waals surface area contributed by atoms with Gasteiger partial charge in [0.25, 0.3) is 5.91 Å². The summed E-state index contributed by atoms with van der Waals surface area (Å²) in [6, 6.07) is 7.76. The van der Waals surface area contributed by atoms with Gasteiger partial charge in [-0.25, -0.2) is 0 Å². The van der Waals surface area contributed by atoms with Gasteiger partial charge in [-0.05, 0) is 37.0 Å². The van der Waals surface area contributed by atoms with Gasteiger partial charge in [-0.1, -0.05) is 6.07 Å². The van der Waals surface area contributed by atoms with Gasteiger partial charge in [-0.2, -0.15) is 0 Å². The summed E-state index contributed by atoms with van der Waals surface area (Å²) in [5.74, 6) is -0.515. The lowest BCUT2D eigenvalue weighted by atomic mass is 9.93. The molecule has 0 aliphatic carbocycles. The van der Waals surface area contributed by atoms with Gasteiger partial charge >= 0.3 is 5.97 Å². The average Bonchev–Trinajstić information content (AvgIpc) is 2.88. The summed E-state index contributed by atoms with van der Waals surface area (Å²) in [4.78, 5) is 25.4. The van der Waals surface area contributed by atoms with Gasteiger partial charge in [0, 0.05) is 49.2 Å². The Bertz CT molecular complexity index is 712. The number of aliphatic carboxylic acids is 1. The van der Waals surface area contributed by atoms with Crippen molar-refractivity contribution in [3.8, 4) is 0 Å². The second-order valence-electron chi connectivity index (χ2n) is 6.00. The fourth-order valence-corrected chi connectivity index (χ4v) is 3.25. The van der Waals surface area contributed by atoms with Crippen LogP contribution in [0.3, 0.4) is 0 Å². The highest BCUT2D eigenvalue weighted by molar-refractivity contribution is 6.06. The number of aryl methyl sites for hydroxylation is 1. The molecule has 0 radical (unpaired) electrons. The van der Waals surface area contributed by atoms with Crippen LogP contribution in [0.15, 0.2) is 30.5 Å². The summed E-state index contributed by atoms with van der Waals surface area (Å²) in [5.41, 5.74) is 1.78. The van der Waals surface area contributed by atoms with Crippen LogP contribution in [-0.4, -0.2) is 39.5 Å². The zero-order valence-electron chi connectivity index (χ0n) is 12.7. The predicted molar refractivity (Wildman–Crippen MR) is 83.8 cm³/mol. The maximum Gasteiger partial charge on any atom is 0.303 e. The lowest BCUT2D eigenvalue weighted by Crippen LogP contribution is -2.39. The molecule has 0 bridgehead atoms. The molecule has 1 saturated heterocycles. The van der Waals surface area contributed by atoms with Gasteiger partial charge in [-0.3, -0.25) is 9.59 Å². The number of likely N-dealkylation sites (tertiary alicyclic amines) is 1. The molecule has 1 N–H and O–H groups in total. The van der Waals surface area contributed by atoms with Crippen LogP contribution in [0.25, 0.3) is 10.9 Å². The molecule has 1 fully saturated rings. The number of nitrogens with zero attached hydrogens (tertiary/aromatic N) is 2. The first-order chi connectivity index (χ1) is 10.6. The van der Waals surface area contributed by atoms with E-state index in [9.17, 15) is 9.59 Å². The molecule has 1 aliphatic heterocycles. The van der Waals surface area contributed by atoms with Crippen LogP contribution in [0.1, 0.15) is 29.6 Å². The molecule has 2 heterocycles. The van der Waals surface area contributed by atoms with Gasteiger partial charge in [-0.15, -0.1) is 0 Å². The number of hydrogen-bond donors (Lipinski definition) is 1. The number of benzene rings is 1. The Kier molecular flexibility index (Phi) is 3.88. The lowest BCUT2D eigenvalue weighted by molar-refractivity contribution is -0.138.